The molecule has 2 aromatic carbocycles. The largest absolute Gasteiger partial charge is 0.491 e. The van der Waals surface area contributed by atoms with E-state index in [-0.39, 0.29) is 37.1 Å². The number of aromatic nitrogens is 1. The highest BCUT2D eigenvalue weighted by atomic mass is 79.9. The summed E-state index contributed by atoms with van der Waals surface area (Å²) in [5.41, 5.74) is 1.70. The van der Waals surface area contributed by atoms with Gasteiger partial charge in [-0.25, -0.2) is 14.6 Å². The molecule has 0 N–H and O–H groups in total. The van der Waals surface area contributed by atoms with E-state index in [1.54, 1.807) is 39.0 Å². The number of benzene rings is 2. The first kappa shape index (κ1) is 33.0. The molecule has 12 heteroatoms. The van der Waals surface area contributed by atoms with Crippen LogP contribution in [0.1, 0.15) is 58.7 Å². The van der Waals surface area contributed by atoms with Crippen molar-refractivity contribution in [2.45, 2.75) is 53.7 Å². The molecule has 0 amide bonds. The number of nitrogens with zero attached hydrogens (tertiary/aromatic N) is 2. The molecular weight excluding hydrogens is 652 g/mol. The fourth-order valence-corrected chi connectivity index (χ4v) is 6.33. The van der Waals surface area contributed by atoms with Crippen LogP contribution in [0.3, 0.4) is 0 Å². The van der Waals surface area contributed by atoms with Crippen LogP contribution in [0.4, 0.5) is 0 Å². The summed E-state index contributed by atoms with van der Waals surface area (Å²) in [5.74, 6) is 0.246. The van der Waals surface area contributed by atoms with E-state index in [9.17, 15) is 14.4 Å². The lowest BCUT2D eigenvalue weighted by Gasteiger charge is -2.26. The highest BCUT2D eigenvalue weighted by Crippen LogP contribution is 2.38. The second-order valence-electron chi connectivity index (χ2n) is 9.86. The van der Waals surface area contributed by atoms with Gasteiger partial charge in [0, 0.05) is 5.56 Å². The van der Waals surface area contributed by atoms with E-state index < -0.39 is 18.0 Å². The number of hydrogen-bond acceptors (Lipinski definition) is 10. The maximum atomic E-state index is 14.1. The first-order valence-electron chi connectivity index (χ1n) is 14.3. The summed E-state index contributed by atoms with van der Waals surface area (Å²) in [6.07, 6.45) is 1.59. The van der Waals surface area contributed by atoms with E-state index in [1.807, 2.05) is 45.0 Å². The molecule has 0 fully saturated rings. The Morgan fingerprint density at radius 3 is 2.45 bits per heavy atom. The smallest absolute Gasteiger partial charge is 0.344 e. The molecule has 10 nitrogen and oxygen atoms in total. The third kappa shape index (κ3) is 7.24. The number of fused-ring (bicyclic) bond motifs is 1. The van der Waals surface area contributed by atoms with Gasteiger partial charge in [-0.2, -0.15) is 0 Å². The third-order valence-electron chi connectivity index (χ3n) is 6.36. The van der Waals surface area contributed by atoms with Crippen molar-refractivity contribution in [3.63, 3.8) is 0 Å². The van der Waals surface area contributed by atoms with Crippen LogP contribution in [-0.4, -0.2) is 49.0 Å². The topological polar surface area (TPSA) is 115 Å². The predicted molar refractivity (Wildman–Crippen MR) is 170 cm³/mol. The number of halogens is 1. The van der Waals surface area contributed by atoms with Crippen LogP contribution in [0.25, 0.3) is 6.08 Å². The second-order valence-corrected chi connectivity index (χ2v) is 11.7. The van der Waals surface area contributed by atoms with Gasteiger partial charge in [0.05, 0.1) is 46.2 Å². The quantitative estimate of drug-likeness (QED) is 0.252. The van der Waals surface area contributed by atoms with Gasteiger partial charge in [-0.1, -0.05) is 29.5 Å². The fraction of sp³-hybridized carbons (Fsp3) is 0.375. The van der Waals surface area contributed by atoms with Crippen LogP contribution in [0.2, 0.25) is 0 Å². The molecule has 0 aliphatic carbocycles. The van der Waals surface area contributed by atoms with Gasteiger partial charge in [0.15, 0.2) is 22.9 Å². The highest BCUT2D eigenvalue weighted by Gasteiger charge is 2.35. The lowest BCUT2D eigenvalue weighted by atomic mass is 9.95. The Labute approximate surface area is 267 Å². The normalized spacial score (nSPS) is 14.6. The average Bonchev–Trinajstić information content (AvgIpc) is 3.26. The Hall–Kier alpha value is -3.90. The van der Waals surface area contributed by atoms with E-state index in [4.69, 9.17) is 23.7 Å². The molecule has 0 radical (unpaired) electrons. The molecule has 0 saturated carbocycles. The van der Waals surface area contributed by atoms with Crippen LogP contribution in [0, 0.1) is 0 Å². The SMILES string of the molecule is CCOC(=O)COc1c(Br)cc(/C=c2/sc3n(c2=O)[C@H](c2ccccc2OC(C)C)C(C(=O)OCC)=C(C)N=3)cc1OCC. The number of esters is 2. The summed E-state index contributed by atoms with van der Waals surface area (Å²) in [5, 5.41) is 0. The summed E-state index contributed by atoms with van der Waals surface area (Å²) in [6.45, 7) is 11.3. The zero-order valence-corrected chi connectivity index (χ0v) is 27.9. The molecule has 1 aromatic heterocycles. The number of carbonyl (C=O) groups excluding carboxylic acids is 2. The van der Waals surface area contributed by atoms with Gasteiger partial charge < -0.3 is 23.7 Å². The number of hydrogen-bond donors (Lipinski definition) is 0. The van der Waals surface area contributed by atoms with Gasteiger partial charge in [0.2, 0.25) is 0 Å². The predicted octanol–water partition coefficient (Wildman–Crippen LogP) is 4.69. The van der Waals surface area contributed by atoms with Gasteiger partial charge in [0.1, 0.15) is 11.8 Å². The summed E-state index contributed by atoms with van der Waals surface area (Å²) >= 11 is 4.72. The standard InChI is InChI=1S/C32H35BrN2O8S/c1-7-39-24-15-20(14-22(33)29(24)42-17-26(36)40-8-2)16-25-30(37)35-28(21-12-10-11-13-23(21)43-18(4)5)27(31(38)41-9-3)19(6)34-32(35)44-25/h10-16,18,28H,7-9,17H2,1-6H3/b25-16+/t28-/m1/s1. The molecule has 1 aliphatic rings. The van der Waals surface area contributed by atoms with Crippen molar-refractivity contribution in [1.82, 2.24) is 4.57 Å². The molecule has 44 heavy (non-hydrogen) atoms. The van der Waals surface area contributed by atoms with Crippen molar-refractivity contribution in [2.75, 3.05) is 26.4 Å². The number of ether oxygens (including phenoxy) is 5. The zero-order valence-electron chi connectivity index (χ0n) is 25.5. The Morgan fingerprint density at radius 2 is 1.77 bits per heavy atom. The number of thiazole rings is 1. The molecular formula is C32H35BrN2O8S. The maximum Gasteiger partial charge on any atom is 0.344 e. The summed E-state index contributed by atoms with van der Waals surface area (Å²) in [7, 11) is 0. The monoisotopic (exact) mass is 686 g/mol. The molecule has 4 rings (SSSR count). The van der Waals surface area contributed by atoms with E-state index in [0.29, 0.717) is 54.5 Å². The lowest BCUT2D eigenvalue weighted by molar-refractivity contribution is -0.145. The van der Waals surface area contributed by atoms with E-state index in [0.717, 1.165) is 0 Å². The lowest BCUT2D eigenvalue weighted by Crippen LogP contribution is -2.40. The van der Waals surface area contributed by atoms with Crippen molar-refractivity contribution < 1.29 is 33.3 Å². The van der Waals surface area contributed by atoms with Gasteiger partial charge in [0.25, 0.3) is 5.56 Å². The number of rotatable bonds is 12. The van der Waals surface area contributed by atoms with Crippen LogP contribution >= 0.6 is 27.3 Å². The Morgan fingerprint density at radius 1 is 1.05 bits per heavy atom. The van der Waals surface area contributed by atoms with E-state index >= 15 is 0 Å². The summed E-state index contributed by atoms with van der Waals surface area (Å²) in [6, 6.07) is 10.0. The number of para-hydroxylation sites is 1. The highest BCUT2D eigenvalue weighted by molar-refractivity contribution is 9.10. The third-order valence-corrected chi connectivity index (χ3v) is 7.93. The zero-order chi connectivity index (χ0) is 32.0. The molecule has 234 valence electrons. The van der Waals surface area contributed by atoms with Crippen molar-refractivity contribution >= 4 is 45.3 Å². The minimum absolute atomic E-state index is 0.134. The molecule has 0 saturated heterocycles. The van der Waals surface area contributed by atoms with Crippen molar-refractivity contribution in [1.29, 1.82) is 0 Å². The second kappa shape index (κ2) is 14.7. The summed E-state index contributed by atoms with van der Waals surface area (Å²) < 4.78 is 30.4. The molecule has 0 unspecified atom stereocenters. The number of carbonyl (C=O) groups is 2. The van der Waals surface area contributed by atoms with Gasteiger partial charge >= 0.3 is 11.9 Å². The minimum Gasteiger partial charge on any atom is -0.491 e. The maximum absolute atomic E-state index is 14.1. The van der Waals surface area contributed by atoms with Crippen molar-refractivity contribution in [3.8, 4) is 17.2 Å². The Balaban J connectivity index is 1.87. The molecule has 0 spiro atoms. The molecule has 3 aromatic rings. The van der Waals surface area contributed by atoms with E-state index in [1.165, 1.54) is 15.9 Å². The first-order chi connectivity index (χ1) is 21.1. The first-order valence-corrected chi connectivity index (χ1v) is 15.9. The average molecular weight is 688 g/mol. The van der Waals surface area contributed by atoms with Crippen LogP contribution in [0.5, 0.6) is 17.2 Å². The van der Waals surface area contributed by atoms with Crippen LogP contribution < -0.4 is 29.1 Å². The van der Waals surface area contributed by atoms with Crippen LogP contribution in [-0.2, 0) is 19.1 Å². The Bertz CT molecular complexity index is 1760. The summed E-state index contributed by atoms with van der Waals surface area (Å²) in [4.78, 5) is 44.4. The number of allylic oxidation sites excluding steroid dienone is 1. The van der Waals surface area contributed by atoms with Gasteiger partial charge in [-0.05, 0) is 87.3 Å². The Kier molecular flexibility index (Phi) is 11.0. The molecule has 0 bridgehead atoms. The molecule has 1 aliphatic heterocycles. The van der Waals surface area contributed by atoms with Gasteiger partial charge in [-0.3, -0.25) is 9.36 Å². The van der Waals surface area contributed by atoms with E-state index in [2.05, 4.69) is 20.9 Å². The molecule has 1 atom stereocenters. The molecule has 2 heterocycles. The van der Waals surface area contributed by atoms with Gasteiger partial charge in [-0.15, -0.1) is 0 Å². The van der Waals surface area contributed by atoms with Crippen molar-refractivity contribution in [3.05, 3.63) is 83.0 Å². The van der Waals surface area contributed by atoms with Crippen LogP contribution in [0.15, 0.2) is 61.9 Å². The fourth-order valence-electron chi connectivity index (χ4n) is 4.71. The van der Waals surface area contributed by atoms with Crippen molar-refractivity contribution in [2.24, 2.45) is 4.99 Å². The minimum atomic E-state index is -0.813.